The van der Waals surface area contributed by atoms with Gasteiger partial charge in [0.2, 0.25) is 0 Å². The van der Waals surface area contributed by atoms with Crippen molar-refractivity contribution in [2.45, 2.75) is 13.8 Å². The van der Waals surface area contributed by atoms with Crippen LogP contribution in [-0.2, 0) is 4.79 Å². The van der Waals surface area contributed by atoms with Crippen molar-refractivity contribution in [3.05, 3.63) is 18.2 Å². The molecule has 1 aliphatic heterocycles. The molecule has 0 bridgehead atoms. The quantitative estimate of drug-likeness (QED) is 0.770. The van der Waals surface area contributed by atoms with Crippen LogP contribution in [0.15, 0.2) is 18.2 Å². The number of benzene rings is 1. The van der Waals surface area contributed by atoms with E-state index < -0.39 is 0 Å². The molecule has 0 aliphatic carbocycles. The molecular weight excluding hydrogens is 194 g/mol. The number of amides is 1. The summed E-state index contributed by atoms with van der Waals surface area (Å²) in [6.07, 6.45) is 0. The van der Waals surface area contributed by atoms with E-state index in [9.17, 15) is 4.79 Å². The van der Waals surface area contributed by atoms with Gasteiger partial charge in [-0.2, -0.15) is 0 Å². The van der Waals surface area contributed by atoms with Gasteiger partial charge in [0.1, 0.15) is 11.5 Å². The van der Waals surface area contributed by atoms with Gasteiger partial charge in [-0.3, -0.25) is 4.79 Å². The molecule has 0 aromatic heterocycles. The van der Waals surface area contributed by atoms with E-state index in [1.807, 2.05) is 13.8 Å². The molecule has 1 aromatic carbocycles. The molecule has 0 spiro atoms. The number of hydrogen-bond acceptors (Lipinski definition) is 3. The maximum Gasteiger partial charge on any atom is 0.262 e. The molecule has 1 aromatic rings. The lowest BCUT2D eigenvalue weighted by Gasteiger charge is -2.17. The Morgan fingerprint density at radius 1 is 1.40 bits per heavy atom. The van der Waals surface area contributed by atoms with Gasteiger partial charge in [0.15, 0.2) is 6.61 Å². The van der Waals surface area contributed by atoms with Crippen molar-refractivity contribution in [3.63, 3.8) is 0 Å². The summed E-state index contributed by atoms with van der Waals surface area (Å²) >= 11 is 0. The van der Waals surface area contributed by atoms with Crippen molar-refractivity contribution < 1.29 is 14.3 Å². The molecule has 1 N–H and O–H groups in total. The highest BCUT2D eigenvalue weighted by atomic mass is 16.5. The van der Waals surface area contributed by atoms with Gasteiger partial charge in [-0.05, 0) is 12.1 Å². The lowest BCUT2D eigenvalue weighted by Crippen LogP contribution is -2.25. The minimum Gasteiger partial charge on any atom is -0.497 e. The van der Waals surface area contributed by atoms with Crippen LogP contribution in [0.4, 0.5) is 5.69 Å². The Morgan fingerprint density at radius 3 is 2.80 bits per heavy atom. The second kappa shape index (κ2) is 5.24. The summed E-state index contributed by atoms with van der Waals surface area (Å²) in [5.41, 5.74) is 0.663. The van der Waals surface area contributed by atoms with Crippen molar-refractivity contribution in [1.29, 1.82) is 0 Å². The molecule has 0 saturated heterocycles. The summed E-state index contributed by atoms with van der Waals surface area (Å²) in [5.74, 6) is 1.24. The van der Waals surface area contributed by atoms with Crippen LogP contribution in [0.2, 0.25) is 0 Å². The number of hydrogen-bond donors (Lipinski definition) is 1. The third-order valence-corrected chi connectivity index (χ3v) is 1.82. The van der Waals surface area contributed by atoms with Crippen LogP contribution >= 0.6 is 0 Å². The van der Waals surface area contributed by atoms with Crippen LogP contribution in [-0.4, -0.2) is 19.6 Å². The van der Waals surface area contributed by atoms with Crippen LogP contribution in [0, 0.1) is 0 Å². The highest BCUT2D eigenvalue weighted by Gasteiger charge is 2.15. The first-order chi connectivity index (χ1) is 7.29. The average molecular weight is 209 g/mol. The number of fused-ring (bicyclic) bond motifs is 1. The highest BCUT2D eigenvalue weighted by Crippen LogP contribution is 2.30. The summed E-state index contributed by atoms with van der Waals surface area (Å²) in [7, 11) is 1.58. The van der Waals surface area contributed by atoms with Gasteiger partial charge in [0.25, 0.3) is 5.91 Å². The van der Waals surface area contributed by atoms with Gasteiger partial charge in [0, 0.05) is 6.07 Å². The molecular formula is C11H15NO3. The van der Waals surface area contributed by atoms with Gasteiger partial charge in [-0.25, -0.2) is 0 Å². The normalized spacial score (nSPS) is 12.6. The second-order valence-corrected chi connectivity index (χ2v) is 2.70. The molecule has 0 unspecified atom stereocenters. The lowest BCUT2D eigenvalue weighted by atomic mass is 10.2. The third-order valence-electron chi connectivity index (χ3n) is 1.82. The van der Waals surface area contributed by atoms with Crippen LogP contribution < -0.4 is 14.8 Å². The van der Waals surface area contributed by atoms with E-state index in [0.717, 1.165) is 0 Å². The van der Waals surface area contributed by atoms with E-state index >= 15 is 0 Å². The summed E-state index contributed by atoms with van der Waals surface area (Å²) in [6.45, 7) is 4.08. The maximum absolute atomic E-state index is 10.9. The van der Waals surface area contributed by atoms with E-state index in [4.69, 9.17) is 9.47 Å². The topological polar surface area (TPSA) is 47.6 Å². The van der Waals surface area contributed by atoms with Crippen molar-refractivity contribution in [3.8, 4) is 11.5 Å². The highest BCUT2D eigenvalue weighted by molar-refractivity contribution is 5.95. The largest absolute Gasteiger partial charge is 0.497 e. The number of rotatable bonds is 1. The van der Waals surface area contributed by atoms with Gasteiger partial charge < -0.3 is 14.8 Å². The molecule has 4 nitrogen and oxygen atoms in total. The molecule has 15 heavy (non-hydrogen) atoms. The maximum atomic E-state index is 10.9. The zero-order valence-corrected chi connectivity index (χ0v) is 9.16. The fourth-order valence-corrected chi connectivity index (χ4v) is 1.19. The molecule has 82 valence electrons. The number of carbonyl (C=O) groups is 1. The molecule has 1 heterocycles. The van der Waals surface area contributed by atoms with Gasteiger partial charge in [-0.15, -0.1) is 0 Å². The first kappa shape index (κ1) is 11.4. The Bertz CT molecular complexity index is 350. The van der Waals surface area contributed by atoms with Crippen molar-refractivity contribution in [2.24, 2.45) is 0 Å². The van der Waals surface area contributed by atoms with E-state index in [0.29, 0.717) is 17.2 Å². The number of ether oxygens (including phenoxy) is 2. The molecule has 2 rings (SSSR count). The second-order valence-electron chi connectivity index (χ2n) is 2.70. The first-order valence-corrected chi connectivity index (χ1v) is 4.90. The Kier molecular flexibility index (Phi) is 3.97. The zero-order valence-electron chi connectivity index (χ0n) is 9.16. The van der Waals surface area contributed by atoms with Crippen LogP contribution in [0.3, 0.4) is 0 Å². The molecule has 0 atom stereocenters. The molecule has 1 aliphatic rings. The molecule has 0 fully saturated rings. The van der Waals surface area contributed by atoms with E-state index in [1.165, 1.54) is 0 Å². The Morgan fingerprint density at radius 2 is 2.13 bits per heavy atom. The van der Waals surface area contributed by atoms with Gasteiger partial charge in [0.05, 0.1) is 12.8 Å². The molecule has 0 radical (unpaired) electrons. The fraction of sp³-hybridized carbons (Fsp3) is 0.364. The van der Waals surface area contributed by atoms with Crippen LogP contribution in [0.5, 0.6) is 11.5 Å². The smallest absolute Gasteiger partial charge is 0.262 e. The zero-order chi connectivity index (χ0) is 11.3. The predicted octanol–water partition coefficient (Wildman–Crippen LogP) is 2.05. The minimum atomic E-state index is -0.138. The lowest BCUT2D eigenvalue weighted by molar-refractivity contribution is -0.118. The Hall–Kier alpha value is -1.71. The number of methoxy groups -OCH3 is 1. The minimum absolute atomic E-state index is 0.0827. The third kappa shape index (κ3) is 2.62. The summed E-state index contributed by atoms with van der Waals surface area (Å²) in [4.78, 5) is 10.9. The van der Waals surface area contributed by atoms with E-state index in [-0.39, 0.29) is 12.5 Å². The summed E-state index contributed by atoms with van der Waals surface area (Å²) in [6, 6.07) is 5.29. The molecule has 1 amide bonds. The van der Waals surface area contributed by atoms with Crippen LogP contribution in [0.25, 0.3) is 0 Å². The Labute approximate surface area is 89.2 Å². The van der Waals surface area contributed by atoms with E-state index in [2.05, 4.69) is 5.32 Å². The first-order valence-electron chi connectivity index (χ1n) is 4.90. The molecule has 0 saturated carbocycles. The SMILES string of the molecule is CC.COc1ccc2c(c1)NC(=O)CO2. The van der Waals surface area contributed by atoms with Gasteiger partial charge in [-0.1, -0.05) is 13.8 Å². The summed E-state index contributed by atoms with van der Waals surface area (Å²) in [5, 5.41) is 2.69. The number of anilines is 1. The van der Waals surface area contributed by atoms with Crippen molar-refractivity contribution >= 4 is 11.6 Å². The van der Waals surface area contributed by atoms with Crippen molar-refractivity contribution in [2.75, 3.05) is 19.0 Å². The molecule has 4 heteroatoms. The van der Waals surface area contributed by atoms with Crippen molar-refractivity contribution in [1.82, 2.24) is 0 Å². The average Bonchev–Trinajstić information content (AvgIpc) is 2.30. The fourth-order valence-electron chi connectivity index (χ4n) is 1.19. The van der Waals surface area contributed by atoms with Gasteiger partial charge >= 0.3 is 0 Å². The Balaban J connectivity index is 0.000000531. The number of carbonyl (C=O) groups excluding carboxylic acids is 1. The number of nitrogens with one attached hydrogen (secondary N) is 1. The van der Waals surface area contributed by atoms with E-state index in [1.54, 1.807) is 25.3 Å². The summed E-state index contributed by atoms with van der Waals surface area (Å²) < 4.78 is 10.2. The predicted molar refractivity (Wildman–Crippen MR) is 58.5 cm³/mol. The van der Waals surface area contributed by atoms with Crippen LogP contribution in [0.1, 0.15) is 13.8 Å². The monoisotopic (exact) mass is 209 g/mol. The standard InChI is InChI=1S/C9H9NO3.C2H6/c1-12-6-2-3-8-7(4-6)10-9(11)5-13-8;1-2/h2-4H,5H2,1H3,(H,10,11);1-2H3.